The first kappa shape index (κ1) is 18.8. The van der Waals surface area contributed by atoms with Crippen LogP contribution in [0.4, 0.5) is 4.79 Å². The van der Waals surface area contributed by atoms with Crippen molar-refractivity contribution in [2.24, 2.45) is 13.0 Å². The molecule has 1 atom stereocenters. The van der Waals surface area contributed by atoms with Crippen molar-refractivity contribution in [3.63, 3.8) is 0 Å². The molecule has 136 valence electrons. The molecule has 1 aromatic rings. The quantitative estimate of drug-likeness (QED) is 0.785. The molecule has 0 aromatic carbocycles. The number of hydrogen-bond donors (Lipinski definition) is 2. The Balaban J connectivity index is 1.67. The molecule has 24 heavy (non-hydrogen) atoms. The Bertz CT molecular complexity index is 546. The molecule has 1 unspecified atom stereocenters. The molecule has 0 saturated carbocycles. The van der Waals surface area contributed by atoms with Gasteiger partial charge in [0.1, 0.15) is 0 Å². The number of nitrogens with zero attached hydrogens (tertiary/aromatic N) is 3. The second-order valence-corrected chi connectivity index (χ2v) is 7.21. The van der Waals surface area contributed by atoms with Crippen LogP contribution in [0, 0.1) is 19.8 Å². The summed E-state index contributed by atoms with van der Waals surface area (Å²) in [6.07, 6.45) is 3.60. The molecule has 2 rings (SSSR count). The van der Waals surface area contributed by atoms with Gasteiger partial charge >= 0.3 is 6.03 Å². The van der Waals surface area contributed by atoms with Crippen molar-refractivity contribution in [3.05, 3.63) is 17.0 Å². The number of nitrogens with one attached hydrogen (secondary N) is 2. The van der Waals surface area contributed by atoms with E-state index < -0.39 is 0 Å². The van der Waals surface area contributed by atoms with Crippen LogP contribution in [-0.2, 0) is 7.05 Å². The van der Waals surface area contributed by atoms with Crippen molar-refractivity contribution in [1.29, 1.82) is 0 Å². The van der Waals surface area contributed by atoms with Gasteiger partial charge in [-0.15, -0.1) is 0 Å². The fourth-order valence-corrected chi connectivity index (χ4v) is 3.53. The van der Waals surface area contributed by atoms with Crippen molar-refractivity contribution >= 4 is 6.03 Å². The lowest BCUT2D eigenvalue weighted by Crippen LogP contribution is -2.39. The topological polar surface area (TPSA) is 62.2 Å². The molecule has 2 amide bonds. The lowest BCUT2D eigenvalue weighted by atomic mass is 9.99. The van der Waals surface area contributed by atoms with E-state index in [2.05, 4.69) is 27.6 Å². The van der Waals surface area contributed by atoms with Crippen LogP contribution in [0.25, 0.3) is 0 Å². The lowest BCUT2D eigenvalue weighted by molar-refractivity contribution is 0.190. The molecule has 6 heteroatoms. The van der Waals surface area contributed by atoms with Crippen molar-refractivity contribution in [2.75, 3.05) is 26.2 Å². The van der Waals surface area contributed by atoms with Gasteiger partial charge in [-0.05, 0) is 65.6 Å². The highest BCUT2D eigenvalue weighted by Crippen LogP contribution is 2.20. The third-order valence-corrected chi connectivity index (χ3v) is 5.16. The number of aromatic nitrogens is 2. The fraction of sp³-hybridized carbons (Fsp3) is 0.778. The molecule has 6 nitrogen and oxygen atoms in total. The molecule has 1 saturated heterocycles. The summed E-state index contributed by atoms with van der Waals surface area (Å²) in [7, 11) is 1.93. The molecule has 0 aliphatic carbocycles. The van der Waals surface area contributed by atoms with Gasteiger partial charge in [0, 0.05) is 24.8 Å². The highest BCUT2D eigenvalue weighted by atomic mass is 16.2. The summed E-state index contributed by atoms with van der Waals surface area (Å²) in [5, 5.41) is 10.4. The van der Waals surface area contributed by atoms with Gasteiger partial charge in [0.15, 0.2) is 0 Å². The molecule has 2 heterocycles. The number of aryl methyl sites for hydroxylation is 2. The Hall–Kier alpha value is -1.56. The van der Waals surface area contributed by atoms with Crippen LogP contribution in [-0.4, -0.2) is 46.9 Å². The van der Waals surface area contributed by atoms with Crippen molar-refractivity contribution in [1.82, 2.24) is 25.3 Å². The van der Waals surface area contributed by atoms with Crippen LogP contribution in [0.5, 0.6) is 0 Å². The molecule has 1 fully saturated rings. The third-order valence-electron chi connectivity index (χ3n) is 5.16. The summed E-state index contributed by atoms with van der Waals surface area (Å²) < 4.78 is 1.86. The Morgan fingerprint density at radius 3 is 2.58 bits per heavy atom. The van der Waals surface area contributed by atoms with Crippen LogP contribution in [0.2, 0.25) is 0 Å². The van der Waals surface area contributed by atoms with E-state index in [4.69, 9.17) is 0 Å². The summed E-state index contributed by atoms with van der Waals surface area (Å²) in [5.74, 6) is 0.867. The molecular weight excluding hydrogens is 302 g/mol. The van der Waals surface area contributed by atoms with E-state index in [1.807, 2.05) is 32.5 Å². The van der Waals surface area contributed by atoms with Crippen LogP contribution < -0.4 is 10.6 Å². The fourth-order valence-electron chi connectivity index (χ4n) is 3.53. The van der Waals surface area contributed by atoms with Crippen molar-refractivity contribution in [3.8, 4) is 0 Å². The Labute approximate surface area is 146 Å². The molecule has 1 aliphatic rings. The molecule has 0 bridgehead atoms. The minimum atomic E-state index is -0.0996. The van der Waals surface area contributed by atoms with Crippen LogP contribution in [0.1, 0.15) is 56.1 Å². The Kier molecular flexibility index (Phi) is 6.66. The van der Waals surface area contributed by atoms with E-state index in [-0.39, 0.29) is 12.1 Å². The number of piperidine rings is 1. The van der Waals surface area contributed by atoms with E-state index in [0.29, 0.717) is 0 Å². The highest BCUT2D eigenvalue weighted by molar-refractivity contribution is 5.74. The van der Waals surface area contributed by atoms with E-state index in [0.717, 1.165) is 42.4 Å². The van der Waals surface area contributed by atoms with Gasteiger partial charge in [-0.2, -0.15) is 5.10 Å². The third kappa shape index (κ3) is 4.97. The standard InChI is InChI=1S/C18H33N5O/c1-13-7-11-23(12-8-13)10-6-9-19-18(24)20-14(2)17-15(3)21-22(5)16(17)4/h13-14H,6-12H2,1-5H3,(H2,19,20,24). The first-order valence-corrected chi connectivity index (χ1v) is 9.15. The molecule has 0 spiro atoms. The lowest BCUT2D eigenvalue weighted by Gasteiger charge is -2.30. The Morgan fingerprint density at radius 1 is 1.33 bits per heavy atom. The van der Waals surface area contributed by atoms with Gasteiger partial charge in [0.25, 0.3) is 0 Å². The number of carbonyl (C=O) groups is 1. The zero-order valence-electron chi connectivity index (χ0n) is 15.9. The predicted molar refractivity (Wildman–Crippen MR) is 97.1 cm³/mol. The maximum absolute atomic E-state index is 12.1. The van der Waals surface area contributed by atoms with E-state index in [9.17, 15) is 4.79 Å². The summed E-state index contributed by atoms with van der Waals surface area (Å²) >= 11 is 0. The number of likely N-dealkylation sites (tertiary alicyclic amines) is 1. The molecule has 0 radical (unpaired) electrons. The number of rotatable bonds is 6. The van der Waals surface area contributed by atoms with E-state index >= 15 is 0 Å². The maximum Gasteiger partial charge on any atom is 0.315 e. The average Bonchev–Trinajstić information content (AvgIpc) is 2.78. The second kappa shape index (κ2) is 8.51. The van der Waals surface area contributed by atoms with Crippen LogP contribution in [0.3, 0.4) is 0 Å². The molecule has 1 aliphatic heterocycles. The second-order valence-electron chi connectivity index (χ2n) is 7.21. The molecule has 2 N–H and O–H groups in total. The SMILES string of the molecule is Cc1nn(C)c(C)c1C(C)NC(=O)NCCCN1CCC(C)CC1. The first-order valence-electron chi connectivity index (χ1n) is 9.15. The summed E-state index contributed by atoms with van der Waals surface area (Å²) in [4.78, 5) is 14.6. The minimum Gasteiger partial charge on any atom is -0.338 e. The van der Waals surface area contributed by atoms with Gasteiger partial charge in [-0.25, -0.2) is 4.79 Å². The Morgan fingerprint density at radius 2 is 2.00 bits per heavy atom. The van der Waals surface area contributed by atoms with Crippen LogP contribution >= 0.6 is 0 Å². The number of hydrogen-bond acceptors (Lipinski definition) is 3. The monoisotopic (exact) mass is 335 g/mol. The smallest absolute Gasteiger partial charge is 0.315 e. The largest absolute Gasteiger partial charge is 0.338 e. The van der Waals surface area contributed by atoms with Crippen molar-refractivity contribution < 1.29 is 4.79 Å². The normalized spacial score (nSPS) is 17.7. The molecular formula is C18H33N5O. The van der Waals surface area contributed by atoms with E-state index in [1.54, 1.807) is 0 Å². The molecule has 1 aromatic heterocycles. The van der Waals surface area contributed by atoms with Gasteiger partial charge in [-0.3, -0.25) is 4.68 Å². The summed E-state index contributed by atoms with van der Waals surface area (Å²) in [6, 6.07) is -0.139. The minimum absolute atomic E-state index is 0.0396. The zero-order valence-corrected chi connectivity index (χ0v) is 15.9. The average molecular weight is 335 g/mol. The maximum atomic E-state index is 12.1. The van der Waals surface area contributed by atoms with Crippen molar-refractivity contribution in [2.45, 2.75) is 53.0 Å². The number of amides is 2. The van der Waals surface area contributed by atoms with Gasteiger partial charge < -0.3 is 15.5 Å². The van der Waals surface area contributed by atoms with Crippen LogP contribution in [0.15, 0.2) is 0 Å². The predicted octanol–water partition coefficient (Wildman–Crippen LogP) is 2.52. The summed E-state index contributed by atoms with van der Waals surface area (Å²) in [5.41, 5.74) is 3.18. The van der Waals surface area contributed by atoms with Gasteiger partial charge in [-0.1, -0.05) is 6.92 Å². The van der Waals surface area contributed by atoms with Gasteiger partial charge in [0.2, 0.25) is 0 Å². The highest BCUT2D eigenvalue weighted by Gasteiger charge is 2.18. The number of urea groups is 1. The van der Waals surface area contributed by atoms with Gasteiger partial charge in [0.05, 0.1) is 11.7 Å². The van der Waals surface area contributed by atoms with E-state index in [1.165, 1.54) is 25.9 Å². The number of carbonyl (C=O) groups excluding carboxylic acids is 1. The summed E-state index contributed by atoms with van der Waals surface area (Å²) in [6.45, 7) is 12.5. The first-order chi connectivity index (χ1) is 11.4. The zero-order chi connectivity index (χ0) is 17.7.